The molecule has 1 saturated carbocycles. The zero-order valence-corrected chi connectivity index (χ0v) is 12.6. The second kappa shape index (κ2) is 6.60. The first-order valence-corrected chi connectivity index (χ1v) is 7.40. The van der Waals surface area contributed by atoms with Crippen molar-refractivity contribution in [1.82, 2.24) is 0 Å². The first kappa shape index (κ1) is 17.3. The van der Waals surface area contributed by atoms with E-state index in [1.54, 1.807) is 19.1 Å². The molecule has 0 saturated heterocycles. The van der Waals surface area contributed by atoms with E-state index in [9.17, 15) is 22.8 Å². The number of carbonyl (C=O) groups excluding carboxylic acids is 1. The van der Waals surface area contributed by atoms with Crippen molar-refractivity contribution in [3.63, 3.8) is 0 Å². The molecule has 1 aromatic carbocycles. The second-order valence-electron chi connectivity index (χ2n) is 5.93. The molecule has 126 valence electrons. The van der Waals surface area contributed by atoms with Crippen LogP contribution in [0.2, 0.25) is 0 Å². The van der Waals surface area contributed by atoms with E-state index in [4.69, 9.17) is 5.11 Å². The molecular weight excluding hydrogens is 311 g/mol. The van der Waals surface area contributed by atoms with Gasteiger partial charge >= 0.3 is 12.1 Å². The summed E-state index contributed by atoms with van der Waals surface area (Å²) < 4.78 is 38.4. The van der Waals surface area contributed by atoms with Crippen LogP contribution in [0.3, 0.4) is 0 Å². The van der Waals surface area contributed by atoms with Crippen LogP contribution in [-0.4, -0.2) is 23.2 Å². The lowest BCUT2D eigenvalue weighted by Crippen LogP contribution is -2.34. The number of halogens is 3. The summed E-state index contributed by atoms with van der Waals surface area (Å²) in [6.07, 6.45) is -3.67. The molecule has 1 aliphatic carbocycles. The van der Waals surface area contributed by atoms with Crippen LogP contribution in [0.1, 0.15) is 41.6 Å². The third kappa shape index (κ3) is 4.24. The van der Waals surface area contributed by atoms with Crippen LogP contribution in [0.5, 0.6) is 0 Å². The quantitative estimate of drug-likeness (QED) is 0.881. The standard InChI is InChI=1S/C16H18F3NO3/c1-9-5-6-12(8-13(9)15(22)23)20-14(21)10-3-2-4-11(7-10)16(17,18)19/h5-6,8,10-11H,2-4,7H2,1H3,(H,20,21)(H,22,23). The van der Waals surface area contributed by atoms with Gasteiger partial charge in [-0.3, -0.25) is 4.79 Å². The average Bonchev–Trinajstić information content (AvgIpc) is 2.48. The van der Waals surface area contributed by atoms with Crippen LogP contribution >= 0.6 is 0 Å². The number of aromatic carboxylic acids is 1. The van der Waals surface area contributed by atoms with E-state index in [0.717, 1.165) is 0 Å². The van der Waals surface area contributed by atoms with Gasteiger partial charge < -0.3 is 10.4 Å². The third-order valence-corrected chi connectivity index (χ3v) is 4.24. The molecule has 0 bridgehead atoms. The Hall–Kier alpha value is -2.05. The monoisotopic (exact) mass is 329 g/mol. The van der Waals surface area contributed by atoms with Gasteiger partial charge in [-0.05, 0) is 43.9 Å². The Morgan fingerprint density at radius 1 is 1.26 bits per heavy atom. The van der Waals surface area contributed by atoms with E-state index in [0.29, 0.717) is 18.4 Å². The van der Waals surface area contributed by atoms with Gasteiger partial charge in [0.1, 0.15) is 0 Å². The van der Waals surface area contributed by atoms with Crippen molar-refractivity contribution in [3.05, 3.63) is 29.3 Å². The van der Waals surface area contributed by atoms with Crippen molar-refractivity contribution < 1.29 is 27.9 Å². The molecule has 0 heterocycles. The van der Waals surface area contributed by atoms with E-state index < -0.39 is 29.9 Å². The minimum atomic E-state index is -4.28. The summed E-state index contributed by atoms with van der Waals surface area (Å²) in [5.41, 5.74) is 0.886. The first-order chi connectivity index (χ1) is 10.7. The molecule has 23 heavy (non-hydrogen) atoms. The van der Waals surface area contributed by atoms with Gasteiger partial charge in [0.25, 0.3) is 0 Å². The highest BCUT2D eigenvalue weighted by Gasteiger charge is 2.43. The molecule has 2 atom stereocenters. The van der Waals surface area contributed by atoms with Crippen LogP contribution in [0.4, 0.5) is 18.9 Å². The van der Waals surface area contributed by atoms with Crippen LogP contribution in [0.25, 0.3) is 0 Å². The Morgan fingerprint density at radius 3 is 2.57 bits per heavy atom. The minimum Gasteiger partial charge on any atom is -0.478 e. The number of alkyl halides is 3. The minimum absolute atomic E-state index is 0.0552. The Kier molecular flexibility index (Phi) is 4.97. The van der Waals surface area contributed by atoms with E-state index in [1.165, 1.54) is 6.07 Å². The number of carbonyl (C=O) groups is 2. The molecule has 1 aromatic rings. The summed E-state index contributed by atoms with van der Waals surface area (Å²) in [6.45, 7) is 1.63. The highest BCUT2D eigenvalue weighted by atomic mass is 19.4. The van der Waals surface area contributed by atoms with Crippen LogP contribution in [0, 0.1) is 18.8 Å². The topological polar surface area (TPSA) is 66.4 Å². The molecule has 0 spiro atoms. The van der Waals surface area contributed by atoms with Gasteiger partial charge in [0.15, 0.2) is 0 Å². The van der Waals surface area contributed by atoms with Crippen molar-refractivity contribution in [2.75, 3.05) is 5.32 Å². The Labute approximate surface area is 131 Å². The Morgan fingerprint density at radius 2 is 1.96 bits per heavy atom. The molecule has 0 aromatic heterocycles. The van der Waals surface area contributed by atoms with E-state index >= 15 is 0 Å². The van der Waals surface area contributed by atoms with Crippen molar-refractivity contribution in [1.29, 1.82) is 0 Å². The molecule has 7 heteroatoms. The fourth-order valence-electron chi connectivity index (χ4n) is 2.90. The van der Waals surface area contributed by atoms with Crippen LogP contribution in [-0.2, 0) is 4.79 Å². The maximum absolute atomic E-state index is 12.8. The molecule has 1 amide bonds. The number of carboxylic acids is 1. The molecule has 2 unspecified atom stereocenters. The van der Waals surface area contributed by atoms with Gasteiger partial charge in [-0.1, -0.05) is 12.5 Å². The second-order valence-corrected chi connectivity index (χ2v) is 5.93. The number of nitrogens with one attached hydrogen (secondary N) is 1. The van der Waals surface area contributed by atoms with Crippen molar-refractivity contribution in [2.45, 2.75) is 38.8 Å². The normalized spacial score (nSPS) is 21.7. The number of anilines is 1. The lowest BCUT2D eigenvalue weighted by atomic mass is 9.80. The number of hydrogen-bond donors (Lipinski definition) is 2. The molecule has 1 fully saturated rings. The number of amides is 1. The van der Waals surface area contributed by atoms with Gasteiger partial charge in [0.05, 0.1) is 11.5 Å². The fourth-order valence-corrected chi connectivity index (χ4v) is 2.90. The van der Waals surface area contributed by atoms with E-state index in [1.807, 2.05) is 0 Å². The lowest BCUT2D eigenvalue weighted by molar-refractivity contribution is -0.185. The molecule has 2 rings (SSSR count). The summed E-state index contributed by atoms with van der Waals surface area (Å²) in [5.74, 6) is -3.75. The van der Waals surface area contributed by atoms with Crippen molar-refractivity contribution in [2.24, 2.45) is 11.8 Å². The first-order valence-electron chi connectivity index (χ1n) is 7.40. The van der Waals surface area contributed by atoms with Crippen molar-refractivity contribution >= 4 is 17.6 Å². The smallest absolute Gasteiger partial charge is 0.391 e. The van der Waals surface area contributed by atoms with E-state index in [2.05, 4.69) is 5.32 Å². The fraction of sp³-hybridized carbons (Fsp3) is 0.500. The maximum atomic E-state index is 12.8. The maximum Gasteiger partial charge on any atom is 0.391 e. The predicted octanol–water partition coefficient (Wildman–Crippen LogP) is 4.00. The summed E-state index contributed by atoms with van der Waals surface area (Å²) in [5, 5.41) is 11.6. The van der Waals surface area contributed by atoms with Crippen LogP contribution in [0.15, 0.2) is 18.2 Å². The summed E-state index contributed by atoms with van der Waals surface area (Å²) in [7, 11) is 0. The van der Waals surface area contributed by atoms with Gasteiger partial charge in [-0.2, -0.15) is 13.2 Å². The molecule has 0 aliphatic heterocycles. The molecule has 4 nitrogen and oxygen atoms in total. The number of rotatable bonds is 3. The van der Waals surface area contributed by atoms with Crippen molar-refractivity contribution in [3.8, 4) is 0 Å². The summed E-state index contributed by atoms with van der Waals surface area (Å²) in [4.78, 5) is 23.3. The summed E-state index contributed by atoms with van der Waals surface area (Å²) in [6, 6.07) is 4.42. The predicted molar refractivity (Wildman–Crippen MR) is 78.3 cm³/mol. The number of aryl methyl sites for hydroxylation is 1. The highest BCUT2D eigenvalue weighted by molar-refractivity contribution is 5.95. The van der Waals surface area contributed by atoms with Gasteiger partial charge in [0, 0.05) is 11.6 Å². The summed E-state index contributed by atoms with van der Waals surface area (Å²) >= 11 is 0. The zero-order valence-electron chi connectivity index (χ0n) is 12.6. The molecule has 0 radical (unpaired) electrons. The number of carboxylic acid groups (broad SMARTS) is 1. The molecular formula is C16H18F3NO3. The molecule has 2 N–H and O–H groups in total. The van der Waals surface area contributed by atoms with Gasteiger partial charge in [-0.25, -0.2) is 4.79 Å². The van der Waals surface area contributed by atoms with Gasteiger partial charge in [0.2, 0.25) is 5.91 Å². The van der Waals surface area contributed by atoms with Gasteiger partial charge in [-0.15, -0.1) is 0 Å². The number of hydrogen-bond acceptors (Lipinski definition) is 2. The zero-order chi connectivity index (χ0) is 17.2. The Bertz CT molecular complexity index is 613. The molecule has 1 aliphatic rings. The highest BCUT2D eigenvalue weighted by Crippen LogP contribution is 2.40. The van der Waals surface area contributed by atoms with E-state index in [-0.39, 0.29) is 24.1 Å². The Balaban J connectivity index is 2.07. The number of benzene rings is 1. The largest absolute Gasteiger partial charge is 0.478 e. The van der Waals surface area contributed by atoms with Crippen LogP contribution < -0.4 is 5.32 Å². The average molecular weight is 329 g/mol. The third-order valence-electron chi connectivity index (χ3n) is 4.24. The lowest BCUT2D eigenvalue weighted by Gasteiger charge is -2.29. The SMILES string of the molecule is Cc1ccc(NC(=O)C2CCCC(C(F)(F)F)C2)cc1C(=O)O.